The van der Waals surface area contributed by atoms with E-state index in [1.54, 1.807) is 6.92 Å². The van der Waals surface area contributed by atoms with Crippen molar-refractivity contribution in [3.63, 3.8) is 0 Å². The standard InChI is InChI=1S/C21H27N3O3/c1-3-20(21(25)26-4-2)27-19-7-5-6-18(16-19)24-14-12-23(13-15-24)17-8-10-22-11-9-17/h5-11,16,20H,3-4,12-15H2,1-2H3. The Kier molecular flexibility index (Phi) is 6.52. The normalized spacial score (nSPS) is 15.3. The quantitative estimate of drug-likeness (QED) is 0.699. The van der Waals surface area contributed by atoms with Gasteiger partial charge >= 0.3 is 5.97 Å². The summed E-state index contributed by atoms with van der Waals surface area (Å²) in [7, 11) is 0. The molecule has 1 aromatic carbocycles. The lowest BCUT2D eigenvalue weighted by Crippen LogP contribution is -2.46. The zero-order valence-corrected chi connectivity index (χ0v) is 16.0. The van der Waals surface area contributed by atoms with Crippen LogP contribution in [-0.4, -0.2) is 49.8 Å². The fraction of sp³-hybridized carbons (Fsp3) is 0.429. The van der Waals surface area contributed by atoms with Crippen molar-refractivity contribution < 1.29 is 14.3 Å². The molecule has 0 spiro atoms. The first-order chi connectivity index (χ1) is 13.2. The number of nitrogens with zero attached hydrogens (tertiary/aromatic N) is 3. The maximum absolute atomic E-state index is 12.0. The molecule has 0 aliphatic carbocycles. The average Bonchev–Trinajstić information content (AvgIpc) is 2.73. The molecule has 1 atom stereocenters. The molecule has 3 rings (SSSR count). The Hall–Kier alpha value is -2.76. The van der Waals surface area contributed by atoms with Gasteiger partial charge < -0.3 is 19.3 Å². The number of carbonyl (C=O) groups is 1. The van der Waals surface area contributed by atoms with Crippen molar-refractivity contribution in [3.05, 3.63) is 48.8 Å². The van der Waals surface area contributed by atoms with E-state index < -0.39 is 6.10 Å². The Balaban J connectivity index is 1.62. The SMILES string of the molecule is CCOC(=O)C(CC)Oc1cccc(N2CCN(c3ccncc3)CC2)c1. The molecule has 27 heavy (non-hydrogen) atoms. The zero-order valence-electron chi connectivity index (χ0n) is 16.0. The van der Waals surface area contributed by atoms with Crippen molar-refractivity contribution >= 4 is 17.3 Å². The number of carbonyl (C=O) groups excluding carboxylic acids is 1. The van der Waals surface area contributed by atoms with Crippen LogP contribution >= 0.6 is 0 Å². The van der Waals surface area contributed by atoms with Gasteiger partial charge in [0.05, 0.1) is 6.61 Å². The van der Waals surface area contributed by atoms with Crippen LogP contribution in [0.2, 0.25) is 0 Å². The van der Waals surface area contributed by atoms with Crippen molar-refractivity contribution in [1.82, 2.24) is 4.98 Å². The number of piperazine rings is 1. The van der Waals surface area contributed by atoms with Gasteiger partial charge in [-0.1, -0.05) is 13.0 Å². The summed E-state index contributed by atoms with van der Waals surface area (Å²) >= 11 is 0. The van der Waals surface area contributed by atoms with E-state index in [1.165, 1.54) is 5.69 Å². The van der Waals surface area contributed by atoms with Gasteiger partial charge in [0.1, 0.15) is 5.75 Å². The predicted molar refractivity (Wildman–Crippen MR) is 106 cm³/mol. The Morgan fingerprint density at radius 3 is 2.33 bits per heavy atom. The number of pyridine rings is 1. The molecule has 1 saturated heterocycles. The fourth-order valence-corrected chi connectivity index (χ4v) is 3.23. The molecule has 0 radical (unpaired) electrons. The summed E-state index contributed by atoms with van der Waals surface area (Å²) in [6.45, 7) is 7.85. The van der Waals surface area contributed by atoms with E-state index in [2.05, 4.69) is 20.9 Å². The van der Waals surface area contributed by atoms with Crippen LogP contribution in [0.5, 0.6) is 5.75 Å². The van der Waals surface area contributed by atoms with Crippen molar-refractivity contribution in [1.29, 1.82) is 0 Å². The van der Waals surface area contributed by atoms with Crippen LogP contribution in [0.25, 0.3) is 0 Å². The topological polar surface area (TPSA) is 54.9 Å². The minimum absolute atomic E-state index is 0.309. The number of aromatic nitrogens is 1. The monoisotopic (exact) mass is 369 g/mol. The number of anilines is 2. The summed E-state index contributed by atoms with van der Waals surface area (Å²) < 4.78 is 11.0. The molecule has 2 aromatic rings. The molecule has 0 amide bonds. The molecule has 2 heterocycles. The second-order valence-corrected chi connectivity index (χ2v) is 6.44. The van der Waals surface area contributed by atoms with Gasteiger partial charge in [0, 0.05) is 56.0 Å². The van der Waals surface area contributed by atoms with Crippen molar-refractivity contribution in [2.45, 2.75) is 26.4 Å². The minimum Gasteiger partial charge on any atom is -0.479 e. The van der Waals surface area contributed by atoms with Gasteiger partial charge in [-0.2, -0.15) is 0 Å². The summed E-state index contributed by atoms with van der Waals surface area (Å²) in [5.74, 6) is 0.389. The van der Waals surface area contributed by atoms with Gasteiger partial charge in [-0.05, 0) is 37.6 Å². The second-order valence-electron chi connectivity index (χ2n) is 6.44. The first-order valence-corrected chi connectivity index (χ1v) is 9.54. The first-order valence-electron chi connectivity index (χ1n) is 9.54. The molecular formula is C21H27N3O3. The summed E-state index contributed by atoms with van der Waals surface area (Å²) in [6, 6.07) is 12.0. The summed E-state index contributed by atoms with van der Waals surface area (Å²) in [4.78, 5) is 20.8. The predicted octanol–water partition coefficient (Wildman–Crippen LogP) is 3.13. The highest BCUT2D eigenvalue weighted by Crippen LogP contribution is 2.25. The van der Waals surface area contributed by atoms with Crippen LogP contribution in [0.15, 0.2) is 48.8 Å². The highest BCUT2D eigenvalue weighted by Gasteiger charge is 2.21. The molecule has 0 N–H and O–H groups in total. The van der Waals surface area contributed by atoms with E-state index in [-0.39, 0.29) is 5.97 Å². The Bertz CT molecular complexity index is 730. The number of hydrogen-bond donors (Lipinski definition) is 0. The lowest BCUT2D eigenvalue weighted by molar-refractivity contribution is -0.151. The van der Waals surface area contributed by atoms with Crippen LogP contribution in [0.1, 0.15) is 20.3 Å². The molecule has 0 bridgehead atoms. The summed E-state index contributed by atoms with van der Waals surface area (Å²) in [5.41, 5.74) is 2.32. The largest absolute Gasteiger partial charge is 0.479 e. The molecule has 1 aromatic heterocycles. The van der Waals surface area contributed by atoms with Crippen LogP contribution < -0.4 is 14.5 Å². The molecular weight excluding hydrogens is 342 g/mol. The smallest absolute Gasteiger partial charge is 0.347 e. The maximum atomic E-state index is 12.0. The number of ether oxygens (including phenoxy) is 2. The van der Waals surface area contributed by atoms with Crippen LogP contribution in [0, 0.1) is 0 Å². The number of benzene rings is 1. The number of hydrogen-bond acceptors (Lipinski definition) is 6. The fourth-order valence-electron chi connectivity index (χ4n) is 3.23. The Morgan fingerprint density at radius 1 is 1.04 bits per heavy atom. The maximum Gasteiger partial charge on any atom is 0.347 e. The van der Waals surface area contributed by atoms with E-state index in [0.717, 1.165) is 31.9 Å². The van der Waals surface area contributed by atoms with Gasteiger partial charge in [0.2, 0.25) is 0 Å². The van der Waals surface area contributed by atoms with Crippen molar-refractivity contribution in [2.24, 2.45) is 0 Å². The Labute approximate surface area is 160 Å². The van der Waals surface area contributed by atoms with Gasteiger partial charge in [0.25, 0.3) is 0 Å². The molecule has 0 saturated carbocycles. The molecule has 6 heteroatoms. The first kappa shape index (κ1) is 19.0. The van der Waals surface area contributed by atoms with Crippen LogP contribution in [0.3, 0.4) is 0 Å². The zero-order chi connectivity index (χ0) is 19.1. The third-order valence-corrected chi connectivity index (χ3v) is 4.69. The van der Waals surface area contributed by atoms with Crippen LogP contribution in [-0.2, 0) is 9.53 Å². The van der Waals surface area contributed by atoms with Crippen LogP contribution in [0.4, 0.5) is 11.4 Å². The lowest BCUT2D eigenvalue weighted by atomic mass is 10.2. The van der Waals surface area contributed by atoms with Gasteiger partial charge in [-0.25, -0.2) is 4.79 Å². The molecule has 1 unspecified atom stereocenters. The van der Waals surface area contributed by atoms with E-state index in [0.29, 0.717) is 18.8 Å². The number of rotatable bonds is 7. The molecule has 1 aliphatic heterocycles. The van der Waals surface area contributed by atoms with E-state index in [9.17, 15) is 4.79 Å². The summed E-state index contributed by atoms with van der Waals surface area (Å²) in [6.07, 6.45) is 3.67. The highest BCUT2D eigenvalue weighted by atomic mass is 16.6. The minimum atomic E-state index is -0.566. The van der Waals surface area contributed by atoms with Crippen molar-refractivity contribution in [2.75, 3.05) is 42.6 Å². The third kappa shape index (κ3) is 4.90. The molecule has 1 fully saturated rings. The summed E-state index contributed by atoms with van der Waals surface area (Å²) in [5, 5.41) is 0. The molecule has 1 aliphatic rings. The van der Waals surface area contributed by atoms with Gasteiger partial charge in [-0.15, -0.1) is 0 Å². The molecule has 6 nitrogen and oxygen atoms in total. The average molecular weight is 369 g/mol. The van der Waals surface area contributed by atoms with E-state index in [4.69, 9.17) is 9.47 Å². The van der Waals surface area contributed by atoms with Gasteiger partial charge in [-0.3, -0.25) is 4.98 Å². The van der Waals surface area contributed by atoms with Gasteiger partial charge in [0.15, 0.2) is 6.10 Å². The highest BCUT2D eigenvalue weighted by molar-refractivity contribution is 5.75. The van der Waals surface area contributed by atoms with Crippen molar-refractivity contribution in [3.8, 4) is 5.75 Å². The number of esters is 1. The lowest BCUT2D eigenvalue weighted by Gasteiger charge is -2.37. The second kappa shape index (κ2) is 9.26. The van der Waals surface area contributed by atoms with E-state index >= 15 is 0 Å². The molecule has 144 valence electrons. The van der Waals surface area contributed by atoms with E-state index in [1.807, 2.05) is 49.6 Å². The third-order valence-electron chi connectivity index (χ3n) is 4.69. The Morgan fingerprint density at radius 2 is 1.70 bits per heavy atom.